The van der Waals surface area contributed by atoms with Crippen molar-refractivity contribution in [1.82, 2.24) is 10.2 Å². The van der Waals surface area contributed by atoms with Crippen molar-refractivity contribution in [2.75, 3.05) is 26.7 Å². The molecule has 0 aliphatic carbocycles. The van der Waals surface area contributed by atoms with E-state index in [4.69, 9.17) is 0 Å². The summed E-state index contributed by atoms with van der Waals surface area (Å²) in [7, 11) is 2.07. The molecule has 2 nitrogen and oxygen atoms in total. The summed E-state index contributed by atoms with van der Waals surface area (Å²) in [4.78, 5) is 2.21. The third kappa shape index (κ3) is 7.96. The molecule has 1 aromatic carbocycles. The highest BCUT2D eigenvalue weighted by Crippen LogP contribution is 2.05. The van der Waals surface area contributed by atoms with Crippen molar-refractivity contribution in [3.8, 4) is 0 Å². The lowest BCUT2D eigenvalue weighted by Crippen LogP contribution is -2.29. The molecule has 1 N–H and O–H groups in total. The maximum atomic E-state index is 13.0. The Morgan fingerprint density at radius 1 is 1.26 bits per heavy atom. The average molecular weight is 266 g/mol. The van der Waals surface area contributed by atoms with E-state index in [9.17, 15) is 4.39 Å². The van der Waals surface area contributed by atoms with Gasteiger partial charge in [-0.25, -0.2) is 4.39 Å². The first-order valence-electron chi connectivity index (χ1n) is 7.21. The summed E-state index contributed by atoms with van der Waals surface area (Å²) in [6.07, 6.45) is 2.53. The molecule has 0 spiro atoms. The van der Waals surface area contributed by atoms with Gasteiger partial charge in [-0.1, -0.05) is 26.0 Å². The lowest BCUT2D eigenvalue weighted by molar-refractivity contribution is 0.323. The second kappa shape index (κ2) is 9.05. The van der Waals surface area contributed by atoms with Crippen molar-refractivity contribution in [2.24, 2.45) is 5.92 Å². The van der Waals surface area contributed by atoms with Crippen LogP contribution in [0.4, 0.5) is 4.39 Å². The summed E-state index contributed by atoms with van der Waals surface area (Å²) < 4.78 is 13.0. The van der Waals surface area contributed by atoms with E-state index in [0.717, 1.165) is 37.7 Å². The molecule has 0 saturated carbocycles. The minimum absolute atomic E-state index is 0.155. The third-order valence-electron chi connectivity index (χ3n) is 3.15. The molecule has 1 aromatic rings. The summed E-state index contributed by atoms with van der Waals surface area (Å²) in [6, 6.07) is 6.82. The molecule has 0 bridgehead atoms. The first-order chi connectivity index (χ1) is 9.08. The van der Waals surface area contributed by atoms with Crippen molar-refractivity contribution >= 4 is 0 Å². The van der Waals surface area contributed by atoms with E-state index in [1.807, 2.05) is 6.07 Å². The van der Waals surface area contributed by atoms with E-state index < -0.39 is 0 Å². The van der Waals surface area contributed by atoms with Crippen LogP contribution in [0.1, 0.15) is 32.3 Å². The Morgan fingerprint density at radius 2 is 2.05 bits per heavy atom. The molecule has 0 atom stereocenters. The van der Waals surface area contributed by atoms with E-state index in [2.05, 4.69) is 31.1 Å². The average Bonchev–Trinajstić information content (AvgIpc) is 2.33. The molecule has 0 amide bonds. The van der Waals surface area contributed by atoms with Crippen LogP contribution in [0.15, 0.2) is 24.3 Å². The monoisotopic (exact) mass is 266 g/mol. The summed E-state index contributed by atoms with van der Waals surface area (Å²) >= 11 is 0. The van der Waals surface area contributed by atoms with Crippen LogP contribution in [-0.2, 0) is 6.54 Å². The molecule has 3 heteroatoms. The van der Waals surface area contributed by atoms with Crippen molar-refractivity contribution in [1.29, 1.82) is 0 Å². The number of hydrogen-bond acceptors (Lipinski definition) is 2. The fourth-order valence-corrected chi connectivity index (χ4v) is 2.06. The van der Waals surface area contributed by atoms with Gasteiger partial charge in [-0.05, 0) is 50.0 Å². The van der Waals surface area contributed by atoms with Crippen LogP contribution in [0.25, 0.3) is 0 Å². The lowest BCUT2D eigenvalue weighted by Gasteiger charge is -2.17. The SMILES string of the molecule is CC(C)CCCNCCN(C)Cc1cccc(F)c1. The largest absolute Gasteiger partial charge is 0.315 e. The summed E-state index contributed by atoms with van der Waals surface area (Å²) in [5, 5.41) is 3.45. The number of benzene rings is 1. The number of nitrogens with one attached hydrogen (secondary N) is 1. The predicted octanol–water partition coefficient (Wildman–Crippen LogP) is 3.28. The van der Waals surface area contributed by atoms with Crippen LogP contribution in [0.3, 0.4) is 0 Å². The van der Waals surface area contributed by atoms with Gasteiger partial charge in [0.25, 0.3) is 0 Å². The molecule has 108 valence electrons. The van der Waals surface area contributed by atoms with Crippen molar-refractivity contribution in [3.63, 3.8) is 0 Å². The maximum Gasteiger partial charge on any atom is 0.123 e. The summed E-state index contributed by atoms with van der Waals surface area (Å²) in [5.41, 5.74) is 1.03. The Hall–Kier alpha value is -0.930. The second-order valence-electron chi connectivity index (χ2n) is 5.65. The Balaban J connectivity index is 2.09. The number of likely N-dealkylation sites (N-methyl/N-ethyl adjacent to an activating group) is 1. The van der Waals surface area contributed by atoms with Gasteiger partial charge in [-0.2, -0.15) is 0 Å². The molecule has 0 heterocycles. The third-order valence-corrected chi connectivity index (χ3v) is 3.15. The fourth-order valence-electron chi connectivity index (χ4n) is 2.06. The molecule has 0 radical (unpaired) electrons. The fraction of sp³-hybridized carbons (Fsp3) is 0.625. The summed E-state index contributed by atoms with van der Waals surface area (Å²) in [5.74, 6) is 0.634. The number of hydrogen-bond donors (Lipinski definition) is 1. The van der Waals surface area contributed by atoms with E-state index >= 15 is 0 Å². The number of nitrogens with zero attached hydrogens (tertiary/aromatic N) is 1. The quantitative estimate of drug-likeness (QED) is 0.690. The standard InChI is InChI=1S/C16H27FN2/c1-14(2)6-5-9-18-10-11-19(3)13-15-7-4-8-16(17)12-15/h4,7-8,12,14,18H,5-6,9-11,13H2,1-3H3. The van der Waals surface area contributed by atoms with Gasteiger partial charge in [0.05, 0.1) is 0 Å². The Bertz CT molecular complexity index is 352. The van der Waals surface area contributed by atoms with Gasteiger partial charge in [0.1, 0.15) is 5.82 Å². The van der Waals surface area contributed by atoms with Crippen LogP contribution in [0.2, 0.25) is 0 Å². The highest BCUT2D eigenvalue weighted by Gasteiger charge is 2.01. The zero-order chi connectivity index (χ0) is 14.1. The van der Waals surface area contributed by atoms with Crippen LogP contribution in [0.5, 0.6) is 0 Å². The first-order valence-corrected chi connectivity index (χ1v) is 7.21. The molecule has 0 aliphatic rings. The molecule has 1 rings (SSSR count). The Morgan fingerprint density at radius 3 is 2.74 bits per heavy atom. The molecular weight excluding hydrogens is 239 g/mol. The highest BCUT2D eigenvalue weighted by molar-refractivity contribution is 5.15. The van der Waals surface area contributed by atoms with Crippen LogP contribution in [0, 0.1) is 11.7 Å². The molecular formula is C16H27FN2. The molecule has 0 unspecified atom stereocenters. The zero-order valence-corrected chi connectivity index (χ0v) is 12.5. The predicted molar refractivity (Wildman–Crippen MR) is 79.7 cm³/mol. The zero-order valence-electron chi connectivity index (χ0n) is 12.5. The van der Waals surface area contributed by atoms with Crippen LogP contribution >= 0.6 is 0 Å². The van der Waals surface area contributed by atoms with Crippen LogP contribution < -0.4 is 5.32 Å². The van der Waals surface area contributed by atoms with Gasteiger partial charge < -0.3 is 10.2 Å². The molecule has 0 aliphatic heterocycles. The topological polar surface area (TPSA) is 15.3 Å². The number of rotatable bonds is 9. The molecule has 0 fully saturated rings. The van der Waals surface area contributed by atoms with Gasteiger partial charge in [0.2, 0.25) is 0 Å². The van der Waals surface area contributed by atoms with E-state index in [1.165, 1.54) is 18.9 Å². The number of halogens is 1. The van der Waals surface area contributed by atoms with Crippen molar-refractivity contribution in [3.05, 3.63) is 35.6 Å². The molecule has 0 aromatic heterocycles. The maximum absolute atomic E-state index is 13.0. The Kier molecular flexibility index (Phi) is 7.68. The minimum Gasteiger partial charge on any atom is -0.315 e. The normalized spacial score (nSPS) is 11.5. The minimum atomic E-state index is -0.155. The van der Waals surface area contributed by atoms with Gasteiger partial charge >= 0.3 is 0 Å². The molecule has 0 saturated heterocycles. The highest BCUT2D eigenvalue weighted by atomic mass is 19.1. The first kappa shape index (κ1) is 16.1. The summed E-state index contributed by atoms with van der Waals surface area (Å²) in [6.45, 7) is 8.37. The van der Waals surface area contributed by atoms with Gasteiger partial charge in [0, 0.05) is 19.6 Å². The Labute approximate surface area is 117 Å². The lowest BCUT2D eigenvalue weighted by atomic mass is 10.1. The van der Waals surface area contributed by atoms with Crippen LogP contribution in [-0.4, -0.2) is 31.6 Å². The molecule has 19 heavy (non-hydrogen) atoms. The van der Waals surface area contributed by atoms with Gasteiger partial charge in [0.15, 0.2) is 0 Å². The van der Waals surface area contributed by atoms with Gasteiger partial charge in [-0.15, -0.1) is 0 Å². The second-order valence-corrected chi connectivity index (χ2v) is 5.65. The van der Waals surface area contributed by atoms with E-state index in [1.54, 1.807) is 12.1 Å². The van der Waals surface area contributed by atoms with Gasteiger partial charge in [-0.3, -0.25) is 0 Å². The van der Waals surface area contributed by atoms with E-state index in [0.29, 0.717) is 0 Å². The van der Waals surface area contributed by atoms with E-state index in [-0.39, 0.29) is 5.82 Å². The van der Waals surface area contributed by atoms with Crippen molar-refractivity contribution in [2.45, 2.75) is 33.2 Å². The smallest absolute Gasteiger partial charge is 0.123 e. The van der Waals surface area contributed by atoms with Crippen molar-refractivity contribution < 1.29 is 4.39 Å².